The molecule has 4 nitrogen and oxygen atoms in total. The summed E-state index contributed by atoms with van der Waals surface area (Å²) in [5, 5.41) is 0. The van der Waals surface area contributed by atoms with Crippen molar-refractivity contribution in [1.29, 1.82) is 0 Å². The third-order valence-corrected chi connectivity index (χ3v) is 7.23. The summed E-state index contributed by atoms with van der Waals surface area (Å²) in [6.07, 6.45) is 0. The lowest BCUT2D eigenvalue weighted by Gasteiger charge is -2.14. The third-order valence-electron chi connectivity index (χ3n) is 5.50. The van der Waals surface area contributed by atoms with Crippen LogP contribution in [0.25, 0.3) is 11.3 Å². The van der Waals surface area contributed by atoms with E-state index < -0.39 is 10.0 Å². The molecule has 3 aromatic rings. The van der Waals surface area contributed by atoms with E-state index in [0.29, 0.717) is 11.4 Å². The zero-order valence-electron chi connectivity index (χ0n) is 15.5. The Morgan fingerprint density at radius 1 is 0.889 bits per heavy atom. The van der Waals surface area contributed by atoms with Crippen molar-refractivity contribution in [2.24, 2.45) is 5.92 Å². The fourth-order valence-corrected chi connectivity index (χ4v) is 5.23. The maximum atomic E-state index is 13.5. The lowest BCUT2D eigenvalue weighted by atomic mass is 9.96. The zero-order valence-corrected chi connectivity index (χ0v) is 16.3. The SMILES string of the molecule is Cc1ccc(S(=O)(=O)n2c(-c3ccccc3)cc3c2C(=O)[C@H](C)[C@H]3C)cc1. The Morgan fingerprint density at radius 2 is 1.52 bits per heavy atom. The molecule has 0 saturated heterocycles. The summed E-state index contributed by atoms with van der Waals surface area (Å²) in [6.45, 7) is 5.75. The number of fused-ring (bicyclic) bond motifs is 1. The van der Waals surface area contributed by atoms with E-state index in [-0.39, 0.29) is 22.5 Å². The number of aromatic nitrogens is 1. The van der Waals surface area contributed by atoms with Gasteiger partial charge in [0.05, 0.1) is 10.6 Å². The number of aryl methyl sites for hydroxylation is 1. The molecule has 0 fully saturated rings. The molecule has 0 N–H and O–H groups in total. The minimum Gasteiger partial charge on any atom is -0.292 e. The van der Waals surface area contributed by atoms with Crippen molar-refractivity contribution in [3.05, 3.63) is 77.5 Å². The Kier molecular flexibility index (Phi) is 4.07. The molecular formula is C22H21NO3S. The highest BCUT2D eigenvalue weighted by atomic mass is 32.2. The second kappa shape index (κ2) is 6.20. The molecule has 1 aromatic heterocycles. The normalized spacial score (nSPS) is 19.3. The van der Waals surface area contributed by atoms with Crippen LogP contribution in [0.15, 0.2) is 65.6 Å². The van der Waals surface area contributed by atoms with E-state index >= 15 is 0 Å². The summed E-state index contributed by atoms with van der Waals surface area (Å²) in [7, 11) is -3.90. The van der Waals surface area contributed by atoms with Gasteiger partial charge in [0.2, 0.25) is 0 Å². The molecule has 0 spiro atoms. The van der Waals surface area contributed by atoms with Crippen molar-refractivity contribution in [1.82, 2.24) is 3.97 Å². The van der Waals surface area contributed by atoms with E-state index in [1.165, 1.54) is 3.97 Å². The van der Waals surface area contributed by atoms with Crippen molar-refractivity contribution < 1.29 is 13.2 Å². The van der Waals surface area contributed by atoms with Crippen LogP contribution in [0.1, 0.15) is 41.4 Å². The first kappa shape index (κ1) is 17.7. The van der Waals surface area contributed by atoms with Crippen molar-refractivity contribution >= 4 is 15.8 Å². The Bertz CT molecular complexity index is 1130. The lowest BCUT2D eigenvalue weighted by molar-refractivity contribution is 0.0931. The molecule has 0 saturated carbocycles. The van der Waals surface area contributed by atoms with Crippen LogP contribution >= 0.6 is 0 Å². The van der Waals surface area contributed by atoms with Gasteiger partial charge in [-0.15, -0.1) is 0 Å². The Balaban J connectivity index is 2.03. The van der Waals surface area contributed by atoms with Gasteiger partial charge in [0.1, 0.15) is 5.69 Å². The quantitative estimate of drug-likeness (QED) is 0.666. The van der Waals surface area contributed by atoms with Gasteiger partial charge in [0.15, 0.2) is 5.78 Å². The largest absolute Gasteiger partial charge is 0.292 e. The molecule has 0 amide bonds. The molecule has 27 heavy (non-hydrogen) atoms. The third kappa shape index (κ3) is 2.65. The summed E-state index contributed by atoms with van der Waals surface area (Å²) >= 11 is 0. The van der Waals surface area contributed by atoms with E-state index in [1.54, 1.807) is 24.3 Å². The van der Waals surface area contributed by atoms with Gasteiger partial charge in [0, 0.05) is 5.92 Å². The van der Waals surface area contributed by atoms with Gasteiger partial charge in [-0.25, -0.2) is 12.4 Å². The monoisotopic (exact) mass is 379 g/mol. The molecule has 0 unspecified atom stereocenters. The van der Waals surface area contributed by atoms with E-state index in [9.17, 15) is 13.2 Å². The maximum absolute atomic E-state index is 13.5. The molecule has 0 bridgehead atoms. The number of hydrogen-bond acceptors (Lipinski definition) is 3. The van der Waals surface area contributed by atoms with Crippen LogP contribution in [0.3, 0.4) is 0 Å². The minimum absolute atomic E-state index is 0.00979. The second-order valence-corrected chi connectivity index (χ2v) is 9.01. The highest BCUT2D eigenvalue weighted by Crippen LogP contribution is 2.43. The van der Waals surface area contributed by atoms with Gasteiger partial charge < -0.3 is 0 Å². The average Bonchev–Trinajstić information content (AvgIpc) is 3.16. The predicted octanol–water partition coefficient (Wildman–Crippen LogP) is 4.64. The van der Waals surface area contributed by atoms with Crippen molar-refractivity contribution in [2.75, 3.05) is 0 Å². The van der Waals surface area contributed by atoms with Crippen molar-refractivity contribution in [3.8, 4) is 11.3 Å². The molecule has 138 valence electrons. The van der Waals surface area contributed by atoms with Crippen LogP contribution in [0.4, 0.5) is 0 Å². The van der Waals surface area contributed by atoms with Gasteiger partial charge in [-0.3, -0.25) is 4.79 Å². The number of benzene rings is 2. The summed E-state index contributed by atoms with van der Waals surface area (Å²) in [5.74, 6) is -0.348. The van der Waals surface area contributed by atoms with Crippen molar-refractivity contribution in [3.63, 3.8) is 0 Å². The molecule has 5 heteroatoms. The van der Waals surface area contributed by atoms with Crippen LogP contribution < -0.4 is 0 Å². The molecule has 1 aliphatic carbocycles. The van der Waals surface area contributed by atoms with Crippen LogP contribution in [-0.2, 0) is 10.0 Å². The maximum Gasteiger partial charge on any atom is 0.268 e. The molecule has 4 rings (SSSR count). The Morgan fingerprint density at radius 3 is 2.15 bits per heavy atom. The smallest absolute Gasteiger partial charge is 0.268 e. The molecular weight excluding hydrogens is 358 g/mol. The molecule has 2 atom stereocenters. The van der Waals surface area contributed by atoms with Crippen LogP contribution in [0.5, 0.6) is 0 Å². The zero-order chi connectivity index (χ0) is 19.3. The second-order valence-electron chi connectivity index (χ2n) is 7.22. The first-order valence-electron chi connectivity index (χ1n) is 9.00. The number of Topliss-reactive ketones (excluding diaryl/α,β-unsaturated/α-hetero) is 1. The topological polar surface area (TPSA) is 56.1 Å². The molecule has 2 aromatic carbocycles. The molecule has 1 aliphatic rings. The minimum atomic E-state index is -3.90. The van der Waals surface area contributed by atoms with Gasteiger partial charge in [-0.05, 0) is 42.2 Å². The summed E-state index contributed by atoms with van der Waals surface area (Å²) < 4.78 is 28.3. The number of carbonyl (C=O) groups excluding carboxylic acids is 1. The number of carbonyl (C=O) groups is 1. The van der Waals surface area contributed by atoms with Gasteiger partial charge >= 0.3 is 0 Å². The summed E-state index contributed by atoms with van der Waals surface area (Å²) in [4.78, 5) is 13.1. The predicted molar refractivity (Wildman–Crippen MR) is 106 cm³/mol. The summed E-state index contributed by atoms with van der Waals surface area (Å²) in [5.41, 5.74) is 3.40. The average molecular weight is 379 g/mol. The van der Waals surface area contributed by atoms with Gasteiger partial charge in [-0.1, -0.05) is 61.9 Å². The fraction of sp³-hybridized carbons (Fsp3) is 0.227. The first-order valence-corrected chi connectivity index (χ1v) is 10.4. The molecule has 1 heterocycles. The fourth-order valence-electron chi connectivity index (χ4n) is 3.69. The number of hydrogen-bond donors (Lipinski definition) is 0. The van der Waals surface area contributed by atoms with Crippen molar-refractivity contribution in [2.45, 2.75) is 31.6 Å². The highest BCUT2D eigenvalue weighted by Gasteiger charge is 2.41. The van der Waals surface area contributed by atoms with Gasteiger partial charge in [-0.2, -0.15) is 0 Å². The number of ketones is 1. The van der Waals surface area contributed by atoms with E-state index in [0.717, 1.165) is 16.7 Å². The van der Waals surface area contributed by atoms with Crippen LogP contribution in [0, 0.1) is 12.8 Å². The highest BCUT2D eigenvalue weighted by molar-refractivity contribution is 7.90. The number of nitrogens with zero attached hydrogens (tertiary/aromatic N) is 1. The van der Waals surface area contributed by atoms with Crippen LogP contribution in [0.2, 0.25) is 0 Å². The molecule has 0 aliphatic heterocycles. The standard InChI is InChI=1S/C22H21NO3S/c1-14-9-11-18(12-10-14)27(25,26)23-20(17-7-5-4-6-8-17)13-19-15(2)16(3)22(24)21(19)23/h4-13,15-16H,1-3H3/t15-,16-/m1/s1. The van der Waals surface area contributed by atoms with E-state index in [1.807, 2.05) is 57.2 Å². The Labute approximate surface area is 159 Å². The van der Waals surface area contributed by atoms with E-state index in [2.05, 4.69) is 0 Å². The summed E-state index contributed by atoms with van der Waals surface area (Å²) in [6, 6.07) is 17.9. The lowest BCUT2D eigenvalue weighted by Crippen LogP contribution is -2.20. The van der Waals surface area contributed by atoms with Gasteiger partial charge in [0.25, 0.3) is 10.0 Å². The van der Waals surface area contributed by atoms with Crippen LogP contribution in [-0.4, -0.2) is 18.2 Å². The van der Waals surface area contributed by atoms with E-state index in [4.69, 9.17) is 0 Å². The first-order chi connectivity index (χ1) is 12.8. The number of rotatable bonds is 3. The molecule has 0 radical (unpaired) electrons. The Hall–Kier alpha value is -2.66.